The molecule has 0 heterocycles. The molecule has 0 aromatic heterocycles. The molecule has 0 aliphatic rings. The van der Waals surface area contributed by atoms with E-state index in [1.807, 2.05) is 43.3 Å². The van der Waals surface area contributed by atoms with Gasteiger partial charge < -0.3 is 10.5 Å². The van der Waals surface area contributed by atoms with E-state index in [0.717, 1.165) is 16.3 Å². The molecule has 2 nitrogen and oxygen atoms in total. The van der Waals surface area contributed by atoms with Crippen molar-refractivity contribution in [1.82, 2.24) is 0 Å². The third kappa shape index (κ3) is 3.43. The Kier molecular flexibility index (Phi) is 3.94. The average molecular weight is 245 g/mol. The lowest BCUT2D eigenvalue weighted by molar-refractivity contribution is 0.339. The molecule has 2 aromatic rings. The van der Waals surface area contributed by atoms with E-state index in [0.29, 0.717) is 6.61 Å². The first kappa shape index (κ1) is 11.9. The highest BCUT2D eigenvalue weighted by molar-refractivity contribution is 7.99. The maximum atomic E-state index is 5.85. The Morgan fingerprint density at radius 3 is 2.53 bits per heavy atom. The molecule has 0 radical (unpaired) electrons. The van der Waals surface area contributed by atoms with Crippen molar-refractivity contribution in [3.63, 3.8) is 0 Å². The molecule has 0 aliphatic heterocycles. The summed E-state index contributed by atoms with van der Waals surface area (Å²) in [5.41, 5.74) is 6.58. The quantitative estimate of drug-likeness (QED) is 0.832. The Balaban J connectivity index is 2.21. The highest BCUT2D eigenvalue weighted by Crippen LogP contribution is 2.31. The minimum Gasteiger partial charge on any atom is -0.494 e. The Labute approximate surface area is 106 Å². The molecule has 0 saturated carbocycles. The number of rotatable bonds is 4. The molecule has 0 unspecified atom stereocenters. The first-order valence-electron chi connectivity index (χ1n) is 5.54. The number of nitrogens with two attached hydrogens (primary N) is 1. The van der Waals surface area contributed by atoms with Crippen LogP contribution in [0.4, 0.5) is 5.69 Å². The second-order valence-electron chi connectivity index (χ2n) is 3.59. The lowest BCUT2D eigenvalue weighted by atomic mass is 10.3. The molecule has 0 aliphatic carbocycles. The van der Waals surface area contributed by atoms with E-state index in [1.165, 1.54) is 4.90 Å². The summed E-state index contributed by atoms with van der Waals surface area (Å²) in [5.74, 6) is 0.825. The molecule has 0 saturated heterocycles. The number of hydrogen-bond donors (Lipinski definition) is 1. The molecule has 2 aromatic carbocycles. The van der Waals surface area contributed by atoms with Gasteiger partial charge in [0.25, 0.3) is 0 Å². The van der Waals surface area contributed by atoms with Gasteiger partial charge in [0.1, 0.15) is 5.75 Å². The minimum absolute atomic E-state index is 0.652. The van der Waals surface area contributed by atoms with Crippen molar-refractivity contribution < 1.29 is 4.74 Å². The molecule has 3 heteroatoms. The van der Waals surface area contributed by atoms with Gasteiger partial charge in [-0.2, -0.15) is 0 Å². The Morgan fingerprint density at radius 2 is 1.82 bits per heavy atom. The van der Waals surface area contributed by atoms with Gasteiger partial charge in [-0.05, 0) is 31.2 Å². The van der Waals surface area contributed by atoms with E-state index in [2.05, 4.69) is 12.1 Å². The Morgan fingerprint density at radius 1 is 1.06 bits per heavy atom. The summed E-state index contributed by atoms with van der Waals surface area (Å²) >= 11 is 1.68. The number of nitrogen functional groups attached to an aromatic ring is 1. The molecule has 0 bridgehead atoms. The van der Waals surface area contributed by atoms with Crippen LogP contribution in [0.25, 0.3) is 0 Å². The summed E-state index contributed by atoms with van der Waals surface area (Å²) in [7, 11) is 0. The zero-order valence-electron chi connectivity index (χ0n) is 9.72. The maximum Gasteiger partial charge on any atom is 0.122 e. The van der Waals surface area contributed by atoms with E-state index < -0.39 is 0 Å². The zero-order valence-corrected chi connectivity index (χ0v) is 10.5. The molecule has 0 atom stereocenters. The summed E-state index contributed by atoms with van der Waals surface area (Å²) in [6.45, 7) is 2.62. The van der Waals surface area contributed by atoms with Crippen LogP contribution in [0.2, 0.25) is 0 Å². The zero-order chi connectivity index (χ0) is 12.1. The van der Waals surface area contributed by atoms with E-state index in [-0.39, 0.29) is 0 Å². The van der Waals surface area contributed by atoms with Crippen molar-refractivity contribution in [2.75, 3.05) is 12.3 Å². The normalized spacial score (nSPS) is 10.2. The lowest BCUT2D eigenvalue weighted by Gasteiger charge is -2.07. The van der Waals surface area contributed by atoms with Gasteiger partial charge in [0.2, 0.25) is 0 Å². The second kappa shape index (κ2) is 5.64. The Bertz CT molecular complexity index is 485. The summed E-state index contributed by atoms with van der Waals surface area (Å²) in [5, 5.41) is 0. The van der Waals surface area contributed by atoms with Crippen LogP contribution in [0.5, 0.6) is 5.75 Å². The molecular formula is C14H15NOS. The highest BCUT2D eigenvalue weighted by Gasteiger charge is 2.01. The Hall–Kier alpha value is -1.61. The average Bonchev–Trinajstić information content (AvgIpc) is 2.30. The van der Waals surface area contributed by atoms with Crippen LogP contribution >= 0.6 is 11.8 Å². The van der Waals surface area contributed by atoms with E-state index >= 15 is 0 Å². The standard InChI is InChI=1S/C14H15NOS/c1-2-16-12-8-11(15)9-14(10-12)17-13-6-4-3-5-7-13/h3-10H,2,15H2,1H3. The molecule has 0 amide bonds. The van der Waals surface area contributed by atoms with Gasteiger partial charge in [-0.1, -0.05) is 30.0 Å². The van der Waals surface area contributed by atoms with Gasteiger partial charge >= 0.3 is 0 Å². The number of ether oxygens (including phenoxy) is 1. The SMILES string of the molecule is CCOc1cc(N)cc(Sc2ccccc2)c1. The molecule has 0 spiro atoms. The molecule has 2 N–H and O–H groups in total. The summed E-state index contributed by atoms with van der Waals surface area (Å²) in [6, 6.07) is 16.0. The first-order chi connectivity index (χ1) is 8.28. The van der Waals surface area contributed by atoms with Gasteiger partial charge in [-0.25, -0.2) is 0 Å². The van der Waals surface area contributed by atoms with Gasteiger partial charge in [-0.15, -0.1) is 0 Å². The van der Waals surface area contributed by atoms with Crippen LogP contribution in [0.15, 0.2) is 58.3 Å². The van der Waals surface area contributed by atoms with Crippen LogP contribution in [0.1, 0.15) is 6.92 Å². The topological polar surface area (TPSA) is 35.2 Å². The van der Waals surface area contributed by atoms with Crippen LogP contribution < -0.4 is 10.5 Å². The lowest BCUT2D eigenvalue weighted by Crippen LogP contribution is -1.93. The molecular weight excluding hydrogens is 230 g/mol. The molecule has 88 valence electrons. The van der Waals surface area contributed by atoms with Gasteiger partial charge in [0.15, 0.2) is 0 Å². The summed E-state index contributed by atoms with van der Waals surface area (Å²) < 4.78 is 5.47. The molecule has 2 rings (SSSR count). The highest BCUT2D eigenvalue weighted by atomic mass is 32.2. The fraction of sp³-hybridized carbons (Fsp3) is 0.143. The predicted octanol–water partition coefficient (Wildman–Crippen LogP) is 3.82. The fourth-order valence-electron chi connectivity index (χ4n) is 1.53. The van der Waals surface area contributed by atoms with E-state index in [4.69, 9.17) is 10.5 Å². The van der Waals surface area contributed by atoms with E-state index in [9.17, 15) is 0 Å². The maximum absolute atomic E-state index is 5.85. The van der Waals surface area contributed by atoms with Crippen LogP contribution in [0.3, 0.4) is 0 Å². The van der Waals surface area contributed by atoms with Crippen molar-refractivity contribution in [2.45, 2.75) is 16.7 Å². The van der Waals surface area contributed by atoms with Crippen LogP contribution in [0, 0.1) is 0 Å². The minimum atomic E-state index is 0.652. The van der Waals surface area contributed by atoms with Gasteiger partial charge in [0, 0.05) is 21.5 Å². The smallest absolute Gasteiger partial charge is 0.122 e. The van der Waals surface area contributed by atoms with Crippen molar-refractivity contribution in [2.24, 2.45) is 0 Å². The summed E-state index contributed by atoms with van der Waals surface area (Å²) in [6.07, 6.45) is 0. The fourth-order valence-corrected chi connectivity index (χ4v) is 2.46. The van der Waals surface area contributed by atoms with Gasteiger partial charge in [-0.3, -0.25) is 0 Å². The number of anilines is 1. The monoisotopic (exact) mass is 245 g/mol. The summed E-state index contributed by atoms with van der Waals surface area (Å²) in [4.78, 5) is 2.29. The van der Waals surface area contributed by atoms with Crippen molar-refractivity contribution in [3.8, 4) is 5.75 Å². The van der Waals surface area contributed by atoms with Crippen LogP contribution in [-0.4, -0.2) is 6.61 Å². The van der Waals surface area contributed by atoms with E-state index in [1.54, 1.807) is 11.8 Å². The number of benzene rings is 2. The number of hydrogen-bond acceptors (Lipinski definition) is 3. The van der Waals surface area contributed by atoms with Gasteiger partial charge in [0.05, 0.1) is 6.61 Å². The predicted molar refractivity (Wildman–Crippen MR) is 72.6 cm³/mol. The second-order valence-corrected chi connectivity index (χ2v) is 4.73. The van der Waals surface area contributed by atoms with Crippen molar-refractivity contribution >= 4 is 17.4 Å². The third-order valence-corrected chi connectivity index (χ3v) is 3.17. The molecule has 0 fully saturated rings. The first-order valence-corrected chi connectivity index (χ1v) is 6.36. The van der Waals surface area contributed by atoms with Crippen molar-refractivity contribution in [1.29, 1.82) is 0 Å². The molecule has 17 heavy (non-hydrogen) atoms. The largest absolute Gasteiger partial charge is 0.494 e. The third-order valence-electron chi connectivity index (χ3n) is 2.19. The van der Waals surface area contributed by atoms with Crippen molar-refractivity contribution in [3.05, 3.63) is 48.5 Å². The van der Waals surface area contributed by atoms with Crippen LogP contribution in [-0.2, 0) is 0 Å².